The Hall–Kier alpha value is -1.38. The molecule has 1 aromatic heterocycles. The molecule has 118 valence electrons. The molecule has 21 heavy (non-hydrogen) atoms. The summed E-state index contributed by atoms with van der Waals surface area (Å²) < 4.78 is 32.2. The number of carboxylic acids is 1. The number of carbonyl (C=O) groups is 1. The predicted octanol–water partition coefficient (Wildman–Crippen LogP) is 1.05. The summed E-state index contributed by atoms with van der Waals surface area (Å²) in [4.78, 5) is 12.8. The molecule has 1 heterocycles. The lowest BCUT2D eigenvalue weighted by molar-refractivity contribution is 0.0656. The second kappa shape index (κ2) is 5.43. The lowest BCUT2D eigenvalue weighted by atomic mass is 9.76. The zero-order valence-electron chi connectivity index (χ0n) is 12.3. The van der Waals surface area contributed by atoms with Gasteiger partial charge in [-0.1, -0.05) is 0 Å². The Kier molecular flexibility index (Phi) is 4.14. The van der Waals surface area contributed by atoms with E-state index in [1.165, 1.54) is 6.92 Å². The van der Waals surface area contributed by atoms with Crippen molar-refractivity contribution in [3.05, 3.63) is 17.6 Å². The van der Waals surface area contributed by atoms with E-state index in [4.69, 9.17) is 9.52 Å². The van der Waals surface area contributed by atoms with Crippen molar-refractivity contribution in [3.63, 3.8) is 0 Å². The first-order valence-electron chi connectivity index (χ1n) is 6.69. The molecule has 0 spiro atoms. The molecule has 1 aliphatic carbocycles. The number of likely N-dealkylation sites (N-methyl/N-ethyl adjacent to an activating group) is 1. The molecular formula is C13H20N2O5S. The maximum atomic E-state index is 12.3. The Morgan fingerprint density at radius 2 is 2.10 bits per heavy atom. The van der Waals surface area contributed by atoms with Crippen LogP contribution in [0.3, 0.4) is 0 Å². The third kappa shape index (κ3) is 2.97. The second-order valence-corrected chi connectivity index (χ2v) is 7.37. The van der Waals surface area contributed by atoms with Crippen LogP contribution in [0.2, 0.25) is 0 Å². The summed E-state index contributed by atoms with van der Waals surface area (Å²) in [7, 11) is 0.0790. The summed E-state index contributed by atoms with van der Waals surface area (Å²) in [5.74, 6) is -1.59. The van der Waals surface area contributed by atoms with E-state index in [1.54, 1.807) is 0 Å². The Morgan fingerprint density at radius 1 is 1.48 bits per heavy atom. The number of carboxylic acid groups (broad SMARTS) is 1. The topological polar surface area (TPSA) is 99.8 Å². The quantitative estimate of drug-likeness (QED) is 0.813. The summed E-state index contributed by atoms with van der Waals surface area (Å²) in [6, 6.07) is 1.04. The Bertz CT molecular complexity index is 644. The van der Waals surface area contributed by atoms with E-state index >= 15 is 0 Å². The second-order valence-electron chi connectivity index (χ2n) is 5.63. The highest BCUT2D eigenvalue weighted by Gasteiger charge is 2.40. The van der Waals surface area contributed by atoms with Crippen molar-refractivity contribution < 1.29 is 22.7 Å². The van der Waals surface area contributed by atoms with Crippen LogP contribution in [0, 0.1) is 6.92 Å². The Labute approximate surface area is 124 Å². The first kappa shape index (κ1) is 16.0. The molecule has 0 aromatic carbocycles. The van der Waals surface area contributed by atoms with Crippen molar-refractivity contribution in [3.8, 4) is 0 Å². The normalized spacial score (nSPS) is 17.7. The average Bonchev–Trinajstić information content (AvgIpc) is 2.70. The van der Waals surface area contributed by atoms with E-state index < -0.39 is 16.0 Å². The molecule has 1 aromatic rings. The zero-order chi connectivity index (χ0) is 15.8. The summed E-state index contributed by atoms with van der Waals surface area (Å²) in [6.45, 7) is 1.74. The number of nitrogens with one attached hydrogen (secondary N) is 1. The van der Waals surface area contributed by atoms with Crippen molar-refractivity contribution in [2.75, 3.05) is 20.6 Å². The summed E-state index contributed by atoms with van der Waals surface area (Å²) in [5, 5.41) is 8.85. The van der Waals surface area contributed by atoms with Crippen molar-refractivity contribution in [2.45, 2.75) is 36.6 Å². The van der Waals surface area contributed by atoms with Gasteiger partial charge in [0.05, 0.1) is 0 Å². The smallest absolute Gasteiger partial charge is 0.371 e. The molecular weight excluding hydrogens is 296 g/mol. The van der Waals surface area contributed by atoms with E-state index in [0.29, 0.717) is 6.54 Å². The minimum Gasteiger partial charge on any atom is -0.475 e. The molecule has 1 fully saturated rings. The van der Waals surface area contributed by atoms with Gasteiger partial charge in [0.15, 0.2) is 0 Å². The van der Waals surface area contributed by atoms with Crippen LogP contribution in [0.4, 0.5) is 0 Å². The summed E-state index contributed by atoms with van der Waals surface area (Å²) >= 11 is 0. The number of furan rings is 1. The van der Waals surface area contributed by atoms with Gasteiger partial charge < -0.3 is 14.4 Å². The number of hydrogen-bond donors (Lipinski definition) is 2. The van der Waals surface area contributed by atoms with Crippen LogP contribution in [0.15, 0.2) is 15.4 Å². The van der Waals surface area contributed by atoms with Crippen molar-refractivity contribution >= 4 is 16.0 Å². The lowest BCUT2D eigenvalue weighted by Gasteiger charge is -2.47. The molecule has 0 bridgehead atoms. The van der Waals surface area contributed by atoms with Crippen molar-refractivity contribution in [2.24, 2.45) is 0 Å². The molecule has 2 N–H and O–H groups in total. The highest BCUT2D eigenvalue weighted by molar-refractivity contribution is 7.89. The van der Waals surface area contributed by atoms with Crippen LogP contribution in [0.5, 0.6) is 0 Å². The number of nitrogens with zero attached hydrogens (tertiary/aromatic N) is 1. The molecule has 0 unspecified atom stereocenters. The van der Waals surface area contributed by atoms with Crippen LogP contribution < -0.4 is 4.72 Å². The van der Waals surface area contributed by atoms with Gasteiger partial charge in [-0.05, 0) is 40.3 Å². The van der Waals surface area contributed by atoms with E-state index in [-0.39, 0.29) is 22.0 Å². The lowest BCUT2D eigenvalue weighted by Crippen LogP contribution is -2.57. The van der Waals surface area contributed by atoms with E-state index in [1.807, 2.05) is 19.0 Å². The summed E-state index contributed by atoms with van der Waals surface area (Å²) in [5.41, 5.74) is -0.152. The SMILES string of the molecule is Cc1oc(C(=O)O)cc1S(=O)(=O)NCC1(N(C)C)CCC1. The van der Waals surface area contributed by atoms with E-state index in [2.05, 4.69) is 4.72 Å². The fourth-order valence-corrected chi connectivity index (χ4v) is 3.81. The molecule has 1 aliphatic rings. The van der Waals surface area contributed by atoms with Gasteiger partial charge in [-0.15, -0.1) is 0 Å². The van der Waals surface area contributed by atoms with Gasteiger partial charge in [0, 0.05) is 18.2 Å². The fraction of sp³-hybridized carbons (Fsp3) is 0.615. The zero-order valence-corrected chi connectivity index (χ0v) is 13.2. The van der Waals surface area contributed by atoms with Gasteiger partial charge >= 0.3 is 5.97 Å². The predicted molar refractivity (Wildman–Crippen MR) is 75.9 cm³/mol. The molecule has 0 amide bonds. The molecule has 2 rings (SSSR count). The van der Waals surface area contributed by atoms with Crippen molar-refractivity contribution in [1.29, 1.82) is 0 Å². The van der Waals surface area contributed by atoms with Crippen LogP contribution in [-0.2, 0) is 10.0 Å². The molecule has 0 aliphatic heterocycles. The van der Waals surface area contributed by atoms with Gasteiger partial charge in [-0.2, -0.15) is 0 Å². The Balaban J connectivity index is 2.17. The minimum absolute atomic E-state index is 0.0763. The van der Waals surface area contributed by atoms with Crippen molar-refractivity contribution in [1.82, 2.24) is 9.62 Å². The number of rotatable bonds is 6. The largest absolute Gasteiger partial charge is 0.475 e. The number of hydrogen-bond acceptors (Lipinski definition) is 5. The van der Waals surface area contributed by atoms with Gasteiger partial charge in [0.1, 0.15) is 10.7 Å². The van der Waals surface area contributed by atoms with Gasteiger partial charge in [-0.25, -0.2) is 17.9 Å². The minimum atomic E-state index is -3.78. The monoisotopic (exact) mass is 316 g/mol. The summed E-state index contributed by atoms with van der Waals surface area (Å²) in [6.07, 6.45) is 2.95. The third-order valence-electron chi connectivity index (χ3n) is 4.20. The maximum Gasteiger partial charge on any atom is 0.371 e. The molecule has 8 heteroatoms. The molecule has 0 atom stereocenters. The average molecular weight is 316 g/mol. The Morgan fingerprint density at radius 3 is 2.48 bits per heavy atom. The van der Waals surface area contributed by atoms with Gasteiger partial charge in [0.25, 0.3) is 0 Å². The van der Waals surface area contributed by atoms with Crippen LogP contribution in [-0.4, -0.2) is 50.6 Å². The fourth-order valence-electron chi connectivity index (χ4n) is 2.51. The molecule has 0 radical (unpaired) electrons. The number of aromatic carboxylic acids is 1. The highest BCUT2D eigenvalue weighted by Crippen LogP contribution is 2.35. The van der Waals surface area contributed by atoms with E-state index in [0.717, 1.165) is 25.3 Å². The standard InChI is InChI=1S/C13H20N2O5S/c1-9-11(7-10(20-9)12(16)17)21(18,19)14-8-13(15(2)3)5-4-6-13/h7,14H,4-6,8H2,1-3H3,(H,16,17). The number of aryl methyl sites for hydroxylation is 1. The van der Waals surface area contributed by atoms with Crippen LogP contribution in [0.1, 0.15) is 35.6 Å². The molecule has 0 saturated heterocycles. The van der Waals surface area contributed by atoms with Gasteiger partial charge in [-0.3, -0.25) is 0 Å². The first-order valence-corrected chi connectivity index (χ1v) is 8.17. The maximum absolute atomic E-state index is 12.3. The molecule has 1 saturated carbocycles. The van der Waals surface area contributed by atoms with Crippen LogP contribution >= 0.6 is 0 Å². The third-order valence-corrected chi connectivity index (χ3v) is 5.71. The van der Waals surface area contributed by atoms with Crippen LogP contribution in [0.25, 0.3) is 0 Å². The molecule has 7 nitrogen and oxygen atoms in total. The van der Waals surface area contributed by atoms with E-state index in [9.17, 15) is 13.2 Å². The highest BCUT2D eigenvalue weighted by atomic mass is 32.2. The first-order chi connectivity index (χ1) is 9.68. The van der Waals surface area contributed by atoms with Gasteiger partial charge in [0.2, 0.25) is 15.8 Å². The number of sulfonamides is 1.